The molecule has 0 radical (unpaired) electrons. The molecular weight excluding hydrogens is 393 g/mol. The summed E-state index contributed by atoms with van der Waals surface area (Å²) in [6, 6.07) is 5.48. The van der Waals surface area contributed by atoms with Gasteiger partial charge in [0, 0.05) is 32.3 Å². The van der Waals surface area contributed by atoms with Crippen molar-refractivity contribution >= 4 is 29.9 Å². The van der Waals surface area contributed by atoms with E-state index in [4.69, 9.17) is 4.74 Å². The first kappa shape index (κ1) is 17.9. The van der Waals surface area contributed by atoms with Gasteiger partial charge in [-0.05, 0) is 6.07 Å². The SMILES string of the molecule is CN=C(NCC(F)F)N1CCC(Oc2ccccn2)C1.I. The van der Waals surface area contributed by atoms with E-state index in [1.54, 1.807) is 19.3 Å². The van der Waals surface area contributed by atoms with Gasteiger partial charge in [-0.3, -0.25) is 4.99 Å². The Morgan fingerprint density at radius 2 is 2.38 bits per heavy atom. The highest BCUT2D eigenvalue weighted by Gasteiger charge is 2.26. The van der Waals surface area contributed by atoms with Crippen molar-refractivity contribution in [1.82, 2.24) is 15.2 Å². The first-order chi connectivity index (χ1) is 9.69. The quantitative estimate of drug-likeness (QED) is 0.467. The van der Waals surface area contributed by atoms with Gasteiger partial charge in [0.2, 0.25) is 5.88 Å². The minimum atomic E-state index is -2.39. The van der Waals surface area contributed by atoms with Crippen molar-refractivity contribution in [2.24, 2.45) is 4.99 Å². The number of aliphatic imine (C=N–C) groups is 1. The number of nitrogens with zero attached hydrogens (tertiary/aromatic N) is 3. The van der Waals surface area contributed by atoms with Crippen LogP contribution in [0.15, 0.2) is 29.4 Å². The summed E-state index contributed by atoms with van der Waals surface area (Å²) in [5, 5.41) is 2.65. The molecular formula is C13H19F2IN4O. The van der Waals surface area contributed by atoms with Crippen LogP contribution in [0.3, 0.4) is 0 Å². The molecule has 0 aromatic carbocycles. The third-order valence-electron chi connectivity index (χ3n) is 3.00. The van der Waals surface area contributed by atoms with Crippen LogP contribution in [0.5, 0.6) is 5.88 Å². The summed E-state index contributed by atoms with van der Waals surface area (Å²) in [6.07, 6.45) is 0.0850. The van der Waals surface area contributed by atoms with Gasteiger partial charge in [-0.15, -0.1) is 24.0 Å². The highest BCUT2D eigenvalue weighted by atomic mass is 127. The minimum Gasteiger partial charge on any atom is -0.472 e. The summed E-state index contributed by atoms with van der Waals surface area (Å²) < 4.78 is 30.2. The van der Waals surface area contributed by atoms with Gasteiger partial charge >= 0.3 is 0 Å². The number of rotatable bonds is 4. The second-order valence-electron chi connectivity index (χ2n) is 4.46. The minimum absolute atomic E-state index is 0. The predicted octanol–water partition coefficient (Wildman–Crippen LogP) is 1.99. The summed E-state index contributed by atoms with van der Waals surface area (Å²) in [5.41, 5.74) is 0. The number of halogens is 3. The lowest BCUT2D eigenvalue weighted by Gasteiger charge is -2.21. The van der Waals surface area contributed by atoms with E-state index in [0.717, 1.165) is 13.0 Å². The van der Waals surface area contributed by atoms with Gasteiger partial charge in [-0.25, -0.2) is 13.8 Å². The maximum Gasteiger partial charge on any atom is 0.255 e. The van der Waals surface area contributed by atoms with Crippen LogP contribution in [-0.2, 0) is 0 Å². The maximum atomic E-state index is 12.2. The fourth-order valence-corrected chi connectivity index (χ4v) is 2.11. The Morgan fingerprint density at radius 3 is 3.00 bits per heavy atom. The van der Waals surface area contributed by atoms with Gasteiger partial charge in [0.1, 0.15) is 6.10 Å². The monoisotopic (exact) mass is 412 g/mol. The highest BCUT2D eigenvalue weighted by Crippen LogP contribution is 2.16. The third kappa shape index (κ3) is 5.60. The van der Waals surface area contributed by atoms with Crippen LogP contribution in [0.2, 0.25) is 0 Å². The number of pyridine rings is 1. The molecule has 0 aliphatic carbocycles. The molecule has 0 saturated carbocycles. The smallest absolute Gasteiger partial charge is 0.255 e. The molecule has 0 amide bonds. The Hall–Kier alpha value is -1.19. The Bertz CT molecular complexity index is 447. The largest absolute Gasteiger partial charge is 0.472 e. The van der Waals surface area contributed by atoms with Gasteiger partial charge in [0.25, 0.3) is 6.43 Å². The van der Waals surface area contributed by atoms with E-state index >= 15 is 0 Å². The molecule has 1 fully saturated rings. The summed E-state index contributed by atoms with van der Waals surface area (Å²) in [5.74, 6) is 1.06. The molecule has 0 spiro atoms. The Labute approximate surface area is 139 Å². The molecule has 1 aliphatic heterocycles. The Kier molecular flexibility index (Phi) is 7.62. The van der Waals surface area contributed by atoms with Crippen molar-refractivity contribution in [1.29, 1.82) is 0 Å². The molecule has 1 aromatic rings. The first-order valence-corrected chi connectivity index (χ1v) is 6.50. The van der Waals surface area contributed by atoms with Gasteiger partial charge in [-0.2, -0.15) is 0 Å². The van der Waals surface area contributed by atoms with Crippen molar-refractivity contribution in [2.45, 2.75) is 19.0 Å². The van der Waals surface area contributed by atoms with Crippen molar-refractivity contribution in [2.75, 3.05) is 26.7 Å². The molecule has 8 heteroatoms. The normalized spacial score (nSPS) is 18.6. The fourth-order valence-electron chi connectivity index (χ4n) is 2.11. The summed E-state index contributed by atoms with van der Waals surface area (Å²) in [7, 11) is 1.58. The van der Waals surface area contributed by atoms with Crippen LogP contribution in [0, 0.1) is 0 Å². The molecule has 1 aromatic heterocycles. The lowest BCUT2D eigenvalue weighted by Crippen LogP contribution is -2.42. The highest BCUT2D eigenvalue weighted by molar-refractivity contribution is 14.0. The summed E-state index contributed by atoms with van der Waals surface area (Å²) in [4.78, 5) is 10.0. The van der Waals surface area contributed by atoms with E-state index in [2.05, 4.69) is 15.3 Å². The Balaban J connectivity index is 0.00000220. The van der Waals surface area contributed by atoms with E-state index in [-0.39, 0.29) is 30.1 Å². The molecule has 1 unspecified atom stereocenters. The molecule has 1 N–H and O–H groups in total. The number of likely N-dealkylation sites (tertiary alicyclic amines) is 1. The third-order valence-corrected chi connectivity index (χ3v) is 3.00. The molecule has 1 atom stereocenters. The second-order valence-corrected chi connectivity index (χ2v) is 4.46. The van der Waals surface area contributed by atoms with Crippen LogP contribution in [0.25, 0.3) is 0 Å². The number of aromatic nitrogens is 1. The average Bonchev–Trinajstić information content (AvgIpc) is 2.89. The van der Waals surface area contributed by atoms with Crippen molar-refractivity contribution in [3.05, 3.63) is 24.4 Å². The first-order valence-electron chi connectivity index (χ1n) is 6.50. The second kappa shape index (κ2) is 8.96. The van der Waals surface area contributed by atoms with E-state index in [1.807, 2.05) is 17.0 Å². The van der Waals surface area contributed by atoms with E-state index in [0.29, 0.717) is 18.4 Å². The standard InChI is InChI=1S/C13H18F2N4O.HI/c1-16-13(18-8-11(14)15)19-7-5-10(9-19)20-12-4-2-3-6-17-12;/h2-4,6,10-11H,5,7-9H2,1H3,(H,16,18);1H. The zero-order valence-corrected chi connectivity index (χ0v) is 14.0. The van der Waals surface area contributed by atoms with Crippen LogP contribution >= 0.6 is 24.0 Å². The summed E-state index contributed by atoms with van der Waals surface area (Å²) >= 11 is 0. The predicted molar refractivity (Wildman–Crippen MR) is 87.6 cm³/mol. The Morgan fingerprint density at radius 1 is 1.57 bits per heavy atom. The van der Waals surface area contributed by atoms with Gasteiger partial charge < -0.3 is 15.0 Å². The molecule has 5 nitrogen and oxygen atoms in total. The molecule has 2 heterocycles. The van der Waals surface area contributed by atoms with Crippen LogP contribution < -0.4 is 10.1 Å². The zero-order valence-electron chi connectivity index (χ0n) is 11.7. The van der Waals surface area contributed by atoms with Crippen LogP contribution in [-0.4, -0.2) is 55.1 Å². The van der Waals surface area contributed by atoms with Crippen LogP contribution in [0.4, 0.5) is 8.78 Å². The molecule has 1 aliphatic rings. The fraction of sp³-hybridized carbons (Fsp3) is 0.538. The lowest BCUT2D eigenvalue weighted by molar-refractivity contribution is 0.151. The van der Waals surface area contributed by atoms with Crippen molar-refractivity contribution in [3.8, 4) is 5.88 Å². The van der Waals surface area contributed by atoms with Crippen LogP contribution in [0.1, 0.15) is 6.42 Å². The van der Waals surface area contributed by atoms with Gasteiger partial charge in [-0.1, -0.05) is 6.07 Å². The molecule has 0 bridgehead atoms. The molecule has 1 saturated heterocycles. The molecule has 118 valence electrons. The maximum absolute atomic E-state index is 12.2. The van der Waals surface area contributed by atoms with E-state index in [1.165, 1.54) is 0 Å². The van der Waals surface area contributed by atoms with E-state index < -0.39 is 13.0 Å². The van der Waals surface area contributed by atoms with Crippen molar-refractivity contribution < 1.29 is 13.5 Å². The lowest BCUT2D eigenvalue weighted by atomic mass is 10.3. The number of guanidine groups is 1. The van der Waals surface area contributed by atoms with Gasteiger partial charge in [0.05, 0.1) is 13.1 Å². The zero-order chi connectivity index (χ0) is 14.4. The summed E-state index contributed by atoms with van der Waals surface area (Å²) in [6.45, 7) is 0.939. The number of nitrogens with one attached hydrogen (secondary N) is 1. The van der Waals surface area contributed by atoms with E-state index in [9.17, 15) is 8.78 Å². The number of ether oxygens (including phenoxy) is 1. The average molecular weight is 412 g/mol. The molecule has 21 heavy (non-hydrogen) atoms. The van der Waals surface area contributed by atoms with Gasteiger partial charge in [0.15, 0.2) is 5.96 Å². The molecule has 2 rings (SSSR count). The number of hydrogen-bond donors (Lipinski definition) is 1. The number of hydrogen-bond acceptors (Lipinski definition) is 3. The van der Waals surface area contributed by atoms with Crippen molar-refractivity contribution in [3.63, 3.8) is 0 Å². The number of alkyl halides is 2. The topological polar surface area (TPSA) is 49.8 Å².